The van der Waals surface area contributed by atoms with E-state index in [1.807, 2.05) is 24.3 Å². The number of hydrogen-bond donors (Lipinski definition) is 0. The molecule has 68 valence electrons. The van der Waals surface area contributed by atoms with Crippen molar-refractivity contribution in [1.82, 2.24) is 4.98 Å². The molecule has 0 spiro atoms. The van der Waals surface area contributed by atoms with Crippen LogP contribution in [0, 0.1) is 14.9 Å². The van der Waals surface area contributed by atoms with Crippen molar-refractivity contribution in [3.05, 3.63) is 38.6 Å². The molecule has 0 fully saturated rings. The highest BCUT2D eigenvalue weighted by Crippen LogP contribution is 2.24. The van der Waals surface area contributed by atoms with Crippen LogP contribution in [0.2, 0.25) is 5.02 Å². The first-order chi connectivity index (χ1) is 6.70. The third-order valence-corrected chi connectivity index (χ3v) is 2.74. The van der Waals surface area contributed by atoms with Crippen molar-refractivity contribution in [3.8, 4) is 6.07 Å². The van der Waals surface area contributed by atoms with E-state index in [1.165, 1.54) is 0 Å². The van der Waals surface area contributed by atoms with Gasteiger partial charge in [-0.1, -0.05) is 11.6 Å². The summed E-state index contributed by atoms with van der Waals surface area (Å²) in [5.74, 6) is 0. The zero-order valence-electron chi connectivity index (χ0n) is 6.96. The summed E-state index contributed by atoms with van der Waals surface area (Å²) in [5, 5.41) is 10.2. The van der Waals surface area contributed by atoms with Gasteiger partial charge in [-0.2, -0.15) is 5.26 Å². The van der Waals surface area contributed by atoms with Gasteiger partial charge < -0.3 is 0 Å². The molecule has 2 aromatic rings. The van der Waals surface area contributed by atoms with Gasteiger partial charge in [-0.15, -0.1) is 0 Å². The quantitative estimate of drug-likeness (QED) is 0.699. The number of pyridine rings is 1. The lowest BCUT2D eigenvalue weighted by Crippen LogP contribution is -1.86. The highest BCUT2D eigenvalue weighted by Gasteiger charge is 2.03. The third kappa shape index (κ3) is 1.68. The number of fused-ring (bicyclic) bond motifs is 1. The highest BCUT2D eigenvalue weighted by atomic mass is 127. The summed E-state index contributed by atoms with van der Waals surface area (Å²) in [5.41, 5.74) is 1.08. The highest BCUT2D eigenvalue weighted by molar-refractivity contribution is 14.1. The van der Waals surface area contributed by atoms with Crippen molar-refractivity contribution in [2.45, 2.75) is 0 Å². The van der Waals surface area contributed by atoms with Gasteiger partial charge in [-0.3, -0.25) is 0 Å². The molecule has 0 saturated heterocycles. The lowest BCUT2D eigenvalue weighted by atomic mass is 10.2. The molecule has 2 rings (SSSR count). The van der Waals surface area contributed by atoms with Gasteiger partial charge in [0.15, 0.2) is 0 Å². The van der Waals surface area contributed by atoms with E-state index >= 15 is 0 Å². The van der Waals surface area contributed by atoms with E-state index in [9.17, 15) is 0 Å². The Morgan fingerprint density at radius 2 is 2.14 bits per heavy atom. The van der Waals surface area contributed by atoms with Crippen LogP contribution in [0.3, 0.4) is 0 Å². The molecule has 4 heteroatoms. The molecule has 0 unspecified atom stereocenters. The number of benzene rings is 1. The zero-order chi connectivity index (χ0) is 10.1. The zero-order valence-corrected chi connectivity index (χ0v) is 9.87. The van der Waals surface area contributed by atoms with Crippen LogP contribution >= 0.6 is 34.2 Å². The fourth-order valence-electron chi connectivity index (χ4n) is 1.22. The maximum atomic E-state index is 8.69. The maximum absolute atomic E-state index is 8.69. The summed E-state index contributed by atoms with van der Waals surface area (Å²) >= 11 is 8.21. The van der Waals surface area contributed by atoms with Crippen molar-refractivity contribution in [2.75, 3.05) is 0 Å². The number of rotatable bonds is 0. The molecule has 1 aromatic carbocycles. The molecule has 0 aliphatic carbocycles. The minimum Gasteiger partial charge on any atom is -0.236 e. The molecule has 14 heavy (non-hydrogen) atoms. The molecular formula is C10H4ClIN2. The summed E-state index contributed by atoms with van der Waals surface area (Å²) in [6, 6.07) is 9.35. The lowest BCUT2D eigenvalue weighted by molar-refractivity contribution is 1.32. The van der Waals surface area contributed by atoms with Gasteiger partial charge in [0.2, 0.25) is 0 Å². The summed E-state index contributed by atoms with van der Waals surface area (Å²) in [6.45, 7) is 0. The second kappa shape index (κ2) is 3.71. The Morgan fingerprint density at radius 3 is 2.86 bits per heavy atom. The van der Waals surface area contributed by atoms with Crippen LogP contribution < -0.4 is 0 Å². The molecule has 1 aromatic heterocycles. The molecule has 0 saturated carbocycles. The average Bonchev–Trinajstić information content (AvgIpc) is 2.17. The van der Waals surface area contributed by atoms with Crippen molar-refractivity contribution in [1.29, 1.82) is 5.26 Å². The Morgan fingerprint density at radius 1 is 1.36 bits per heavy atom. The van der Waals surface area contributed by atoms with Crippen molar-refractivity contribution in [2.24, 2.45) is 0 Å². The van der Waals surface area contributed by atoms with Gasteiger partial charge in [0.05, 0.1) is 10.5 Å². The van der Waals surface area contributed by atoms with E-state index < -0.39 is 0 Å². The number of halogens is 2. The van der Waals surface area contributed by atoms with E-state index in [4.69, 9.17) is 16.9 Å². The van der Waals surface area contributed by atoms with E-state index in [0.717, 1.165) is 8.96 Å². The molecule has 0 N–H and O–H groups in total. The van der Waals surface area contributed by atoms with Crippen molar-refractivity contribution >= 4 is 45.1 Å². The first-order valence-electron chi connectivity index (χ1n) is 3.86. The topological polar surface area (TPSA) is 36.7 Å². The van der Waals surface area contributed by atoms with E-state index in [2.05, 4.69) is 27.6 Å². The number of nitrogens with zero attached hydrogens (tertiary/aromatic N) is 2. The Kier molecular flexibility index (Phi) is 2.57. The summed E-state index contributed by atoms with van der Waals surface area (Å²) in [6.07, 6.45) is 0. The third-order valence-electron chi connectivity index (χ3n) is 1.83. The molecular weight excluding hydrogens is 310 g/mol. The fourth-order valence-corrected chi connectivity index (χ4v) is 2.32. The summed E-state index contributed by atoms with van der Waals surface area (Å²) in [4.78, 5) is 4.14. The van der Waals surface area contributed by atoms with Crippen LogP contribution in [0.4, 0.5) is 0 Å². The molecule has 2 nitrogen and oxygen atoms in total. The number of aromatic nitrogens is 1. The molecule has 0 amide bonds. The van der Waals surface area contributed by atoms with E-state index in [0.29, 0.717) is 16.2 Å². The minimum absolute atomic E-state index is 0.389. The van der Waals surface area contributed by atoms with Crippen LogP contribution in [0.5, 0.6) is 0 Å². The Hall–Kier alpha value is -0.860. The van der Waals surface area contributed by atoms with Gasteiger partial charge >= 0.3 is 0 Å². The largest absolute Gasteiger partial charge is 0.236 e. The van der Waals surface area contributed by atoms with Gasteiger partial charge in [0.25, 0.3) is 0 Å². The standard InChI is InChI=1S/C10H4ClIN2/c11-9-4-7(12)3-6-1-2-8(5-13)14-10(6)9/h1-4H. The van der Waals surface area contributed by atoms with Crippen LogP contribution in [-0.2, 0) is 0 Å². The number of nitriles is 1. The summed E-state index contributed by atoms with van der Waals surface area (Å²) in [7, 11) is 0. The molecule has 0 aliphatic rings. The Balaban J connectivity index is 2.84. The second-order valence-corrected chi connectivity index (χ2v) is 4.42. The summed E-state index contributed by atoms with van der Waals surface area (Å²) < 4.78 is 1.06. The van der Waals surface area contributed by atoms with Gasteiger partial charge in [0.1, 0.15) is 11.8 Å². The molecule has 0 atom stereocenters. The van der Waals surface area contributed by atoms with Gasteiger partial charge in [-0.25, -0.2) is 4.98 Å². The first kappa shape index (κ1) is 9.69. The molecule has 0 radical (unpaired) electrons. The predicted octanol–water partition coefficient (Wildman–Crippen LogP) is 3.36. The Bertz CT molecular complexity index is 546. The molecule has 1 heterocycles. The maximum Gasteiger partial charge on any atom is 0.141 e. The fraction of sp³-hybridized carbons (Fsp3) is 0. The van der Waals surface area contributed by atoms with Gasteiger partial charge in [-0.05, 0) is 46.9 Å². The van der Waals surface area contributed by atoms with Crippen LogP contribution in [-0.4, -0.2) is 4.98 Å². The Labute approximate surface area is 99.7 Å². The molecule has 0 aliphatic heterocycles. The SMILES string of the molecule is N#Cc1ccc2cc(I)cc(Cl)c2n1. The number of hydrogen-bond acceptors (Lipinski definition) is 2. The van der Waals surface area contributed by atoms with E-state index in [-0.39, 0.29) is 0 Å². The van der Waals surface area contributed by atoms with Crippen molar-refractivity contribution < 1.29 is 0 Å². The normalized spacial score (nSPS) is 10.1. The van der Waals surface area contributed by atoms with Crippen molar-refractivity contribution in [3.63, 3.8) is 0 Å². The van der Waals surface area contributed by atoms with Crippen LogP contribution in [0.15, 0.2) is 24.3 Å². The predicted molar refractivity (Wildman–Crippen MR) is 64.2 cm³/mol. The van der Waals surface area contributed by atoms with Gasteiger partial charge in [0, 0.05) is 8.96 Å². The smallest absolute Gasteiger partial charge is 0.141 e. The monoisotopic (exact) mass is 314 g/mol. The average molecular weight is 315 g/mol. The minimum atomic E-state index is 0.389. The van der Waals surface area contributed by atoms with Crippen LogP contribution in [0.25, 0.3) is 10.9 Å². The van der Waals surface area contributed by atoms with E-state index in [1.54, 1.807) is 6.07 Å². The second-order valence-electron chi connectivity index (χ2n) is 2.77. The molecule has 0 bridgehead atoms. The first-order valence-corrected chi connectivity index (χ1v) is 5.32. The lowest BCUT2D eigenvalue weighted by Gasteiger charge is -2.00. The van der Waals surface area contributed by atoms with Crippen LogP contribution in [0.1, 0.15) is 5.69 Å².